The van der Waals surface area contributed by atoms with Crippen molar-refractivity contribution in [2.75, 3.05) is 0 Å². The Labute approximate surface area is 146 Å². The van der Waals surface area contributed by atoms with E-state index in [-0.39, 0.29) is 4.49 Å². The molecule has 0 aliphatic heterocycles. The molecule has 0 bridgehead atoms. The second-order valence-electron chi connectivity index (χ2n) is 3.88. The van der Waals surface area contributed by atoms with Gasteiger partial charge < -0.3 is 0 Å². The van der Waals surface area contributed by atoms with Crippen LogP contribution in [0.4, 0.5) is 0 Å². The van der Waals surface area contributed by atoms with Gasteiger partial charge in [-0.15, -0.1) is 0 Å². The van der Waals surface area contributed by atoms with Crippen LogP contribution in [0.15, 0.2) is 40.9 Å². The minimum absolute atomic E-state index is 0.0262. The summed E-state index contributed by atoms with van der Waals surface area (Å²) >= 11 is 36.4. The van der Waals surface area contributed by atoms with E-state index in [0.29, 0.717) is 36.8 Å². The summed E-state index contributed by atoms with van der Waals surface area (Å²) < 4.78 is 0.0262. The van der Waals surface area contributed by atoms with E-state index in [1.807, 2.05) is 0 Å². The molecule has 0 N–H and O–H groups in total. The maximum atomic E-state index is 6.19. The molecule has 20 heavy (non-hydrogen) atoms. The summed E-state index contributed by atoms with van der Waals surface area (Å²) in [5.41, 5.74) is 1.65. The highest BCUT2D eigenvalue weighted by atomic mass is 35.5. The predicted octanol–water partition coefficient (Wildman–Crippen LogP) is 7.49. The molecule has 2 rings (SSSR count). The van der Waals surface area contributed by atoms with E-state index in [0.717, 1.165) is 0 Å². The molecule has 0 aliphatic carbocycles. The molecule has 0 aliphatic rings. The lowest BCUT2D eigenvalue weighted by Crippen LogP contribution is -1.92. The molecule has 104 valence electrons. The third-order valence-electron chi connectivity index (χ3n) is 2.58. The molecule has 0 nitrogen and oxygen atoms in total. The fourth-order valence-electron chi connectivity index (χ4n) is 1.73. The second-order valence-corrected chi connectivity index (χ2v) is 6.52. The molecule has 0 aromatic heterocycles. The molecule has 0 amide bonds. The Bertz CT molecular complexity index is 633. The van der Waals surface area contributed by atoms with Gasteiger partial charge in [0.1, 0.15) is 4.49 Å². The molecule has 0 radical (unpaired) electrons. The van der Waals surface area contributed by atoms with Gasteiger partial charge in [0.05, 0.1) is 0 Å². The van der Waals surface area contributed by atoms with Crippen molar-refractivity contribution in [3.63, 3.8) is 0 Å². The van der Waals surface area contributed by atoms with Crippen LogP contribution in [0.5, 0.6) is 0 Å². The lowest BCUT2D eigenvalue weighted by atomic mass is 9.99. The van der Waals surface area contributed by atoms with Gasteiger partial charge >= 0.3 is 0 Å². The first-order valence-electron chi connectivity index (χ1n) is 5.36. The lowest BCUT2D eigenvalue weighted by molar-refractivity contribution is 1.55. The SMILES string of the molecule is ClC(Cl)=C(c1cc(Cl)ccc1Cl)c1cc(Cl)ccc1Cl. The summed E-state index contributed by atoms with van der Waals surface area (Å²) in [7, 11) is 0. The summed E-state index contributed by atoms with van der Waals surface area (Å²) in [6, 6.07) is 10.0. The maximum absolute atomic E-state index is 6.19. The zero-order valence-corrected chi connectivity index (χ0v) is 14.3. The summed E-state index contributed by atoms with van der Waals surface area (Å²) in [5.74, 6) is 0. The predicted molar refractivity (Wildman–Crippen MR) is 90.7 cm³/mol. The summed E-state index contributed by atoms with van der Waals surface area (Å²) in [6.07, 6.45) is 0. The summed E-state index contributed by atoms with van der Waals surface area (Å²) in [6.45, 7) is 0. The van der Waals surface area contributed by atoms with E-state index < -0.39 is 0 Å². The van der Waals surface area contributed by atoms with E-state index in [1.54, 1.807) is 36.4 Å². The Balaban J connectivity index is 2.74. The van der Waals surface area contributed by atoms with Gasteiger partial charge in [-0.05, 0) is 36.4 Å². The van der Waals surface area contributed by atoms with Gasteiger partial charge in [-0.3, -0.25) is 0 Å². The average Bonchev–Trinajstić information content (AvgIpc) is 2.37. The molecule has 2 aromatic rings. The monoisotopic (exact) mass is 384 g/mol. The van der Waals surface area contributed by atoms with Crippen molar-refractivity contribution in [3.05, 3.63) is 72.1 Å². The van der Waals surface area contributed by atoms with Crippen molar-refractivity contribution in [1.29, 1.82) is 0 Å². The van der Waals surface area contributed by atoms with E-state index in [1.165, 1.54) is 0 Å². The topological polar surface area (TPSA) is 0 Å². The van der Waals surface area contributed by atoms with Gasteiger partial charge in [0.15, 0.2) is 0 Å². The van der Waals surface area contributed by atoms with Gasteiger partial charge in [0.2, 0.25) is 0 Å². The minimum Gasteiger partial charge on any atom is -0.0843 e. The zero-order valence-electron chi connectivity index (χ0n) is 9.73. The molecule has 6 heteroatoms. The fourth-order valence-corrected chi connectivity index (χ4v) is 2.90. The van der Waals surface area contributed by atoms with Crippen LogP contribution < -0.4 is 0 Å². The van der Waals surface area contributed by atoms with E-state index in [9.17, 15) is 0 Å². The molecular formula is C14H6Cl6. The largest absolute Gasteiger partial charge is 0.115 e. The molecule has 0 spiro atoms. The average molecular weight is 387 g/mol. The molecule has 0 heterocycles. The smallest absolute Gasteiger partial charge is 0.0843 e. The molecule has 0 saturated heterocycles. The summed E-state index contributed by atoms with van der Waals surface area (Å²) in [4.78, 5) is 0. The lowest BCUT2D eigenvalue weighted by Gasteiger charge is -2.13. The fraction of sp³-hybridized carbons (Fsp3) is 0. The first-order chi connectivity index (χ1) is 9.40. The summed E-state index contributed by atoms with van der Waals surface area (Å²) in [5, 5.41) is 1.93. The van der Waals surface area contributed by atoms with Crippen LogP contribution in [-0.4, -0.2) is 0 Å². The Kier molecular flexibility index (Phi) is 5.53. The van der Waals surface area contributed by atoms with Crippen LogP contribution in [0.1, 0.15) is 11.1 Å². The highest BCUT2D eigenvalue weighted by Gasteiger charge is 2.16. The zero-order chi connectivity index (χ0) is 14.9. The molecule has 0 unspecified atom stereocenters. The van der Waals surface area contributed by atoms with Crippen molar-refractivity contribution in [1.82, 2.24) is 0 Å². The third kappa shape index (κ3) is 3.57. The van der Waals surface area contributed by atoms with Crippen LogP contribution >= 0.6 is 69.6 Å². The highest BCUT2D eigenvalue weighted by molar-refractivity contribution is 6.59. The van der Waals surface area contributed by atoms with Crippen LogP contribution in [0.25, 0.3) is 5.57 Å². The second kappa shape index (κ2) is 6.79. The highest BCUT2D eigenvalue weighted by Crippen LogP contribution is 2.39. The maximum Gasteiger partial charge on any atom is 0.115 e. The normalized spacial score (nSPS) is 10.5. The Morgan fingerprint density at radius 2 is 1.05 bits per heavy atom. The van der Waals surface area contributed by atoms with E-state index >= 15 is 0 Å². The van der Waals surface area contributed by atoms with E-state index in [2.05, 4.69) is 0 Å². The Hall–Kier alpha value is -0.0800. The van der Waals surface area contributed by atoms with Gasteiger partial charge in [0.25, 0.3) is 0 Å². The molecule has 0 saturated carbocycles. The molecule has 0 fully saturated rings. The van der Waals surface area contributed by atoms with Crippen LogP contribution in [0.3, 0.4) is 0 Å². The number of rotatable bonds is 2. The van der Waals surface area contributed by atoms with Crippen molar-refractivity contribution >= 4 is 75.2 Å². The first-order valence-corrected chi connectivity index (χ1v) is 7.63. The van der Waals surface area contributed by atoms with Crippen molar-refractivity contribution < 1.29 is 0 Å². The Morgan fingerprint density at radius 3 is 1.40 bits per heavy atom. The van der Waals surface area contributed by atoms with Gasteiger partial charge in [-0.1, -0.05) is 69.6 Å². The van der Waals surface area contributed by atoms with Crippen LogP contribution in [0.2, 0.25) is 20.1 Å². The van der Waals surface area contributed by atoms with Gasteiger partial charge in [0, 0.05) is 36.8 Å². The number of hydrogen-bond acceptors (Lipinski definition) is 0. The van der Waals surface area contributed by atoms with Gasteiger partial charge in [-0.2, -0.15) is 0 Å². The van der Waals surface area contributed by atoms with Crippen molar-refractivity contribution in [2.24, 2.45) is 0 Å². The first kappa shape index (κ1) is 16.3. The van der Waals surface area contributed by atoms with Crippen LogP contribution in [-0.2, 0) is 0 Å². The number of hydrogen-bond donors (Lipinski definition) is 0. The number of benzene rings is 2. The van der Waals surface area contributed by atoms with Crippen molar-refractivity contribution in [2.45, 2.75) is 0 Å². The van der Waals surface area contributed by atoms with E-state index in [4.69, 9.17) is 69.6 Å². The third-order valence-corrected chi connectivity index (χ3v) is 4.09. The quantitative estimate of drug-likeness (QED) is 0.501. The molecular weight excluding hydrogens is 381 g/mol. The van der Waals surface area contributed by atoms with Crippen LogP contribution in [0, 0.1) is 0 Å². The molecule has 2 aromatic carbocycles. The van der Waals surface area contributed by atoms with Gasteiger partial charge in [-0.25, -0.2) is 0 Å². The number of halogens is 6. The minimum atomic E-state index is 0.0262. The standard InChI is InChI=1S/C14H6Cl6/c15-7-1-3-11(17)9(5-7)13(14(19)20)10-6-8(16)2-4-12(10)18/h1-6H. The molecule has 0 atom stereocenters. The van der Waals surface area contributed by atoms with Crippen molar-refractivity contribution in [3.8, 4) is 0 Å². The Morgan fingerprint density at radius 1 is 0.650 bits per heavy atom.